The summed E-state index contributed by atoms with van der Waals surface area (Å²) in [5.41, 5.74) is 2.88. The highest BCUT2D eigenvalue weighted by Crippen LogP contribution is 2.35. The van der Waals surface area contributed by atoms with Crippen molar-refractivity contribution in [1.29, 1.82) is 0 Å². The minimum atomic E-state index is 0.0423. The van der Waals surface area contributed by atoms with Gasteiger partial charge in [0.05, 0.1) is 11.4 Å². The number of aromatic amines is 1. The maximum atomic E-state index is 12.7. The summed E-state index contributed by atoms with van der Waals surface area (Å²) in [5, 5.41) is 4.39. The number of hydrogen-bond acceptors (Lipinski definition) is 4. The molecule has 0 amide bonds. The standard InChI is InChI=1S/C21H29N3OS/c1-13-8-9-16-17(12-13)26-21-18(16)20(25)23-19(24-21)14(2)22-11-10-15-6-4-3-5-7-15/h6,13-14,22H,3-5,7-12H2,1-2H3,(H,23,24,25)/t13-,14+/m1/s1. The Labute approximate surface area is 159 Å². The molecule has 2 aromatic heterocycles. The van der Waals surface area contributed by atoms with E-state index in [1.54, 1.807) is 16.9 Å². The Kier molecular flexibility index (Phi) is 5.28. The van der Waals surface area contributed by atoms with E-state index in [0.29, 0.717) is 5.92 Å². The first kappa shape index (κ1) is 17.9. The van der Waals surface area contributed by atoms with Crippen LogP contribution in [0.3, 0.4) is 0 Å². The predicted octanol–water partition coefficient (Wildman–Crippen LogP) is 4.65. The Bertz CT molecular complexity index is 879. The van der Waals surface area contributed by atoms with Gasteiger partial charge in [-0.2, -0.15) is 0 Å². The quantitative estimate of drug-likeness (QED) is 0.752. The Morgan fingerprint density at radius 2 is 2.27 bits per heavy atom. The van der Waals surface area contributed by atoms with Gasteiger partial charge < -0.3 is 10.3 Å². The molecule has 0 bridgehead atoms. The van der Waals surface area contributed by atoms with Gasteiger partial charge in [0.15, 0.2) is 0 Å². The Morgan fingerprint density at radius 3 is 3.08 bits per heavy atom. The number of nitrogens with zero attached hydrogens (tertiary/aromatic N) is 1. The van der Waals surface area contributed by atoms with Crippen molar-refractivity contribution in [2.45, 2.75) is 71.3 Å². The van der Waals surface area contributed by atoms with E-state index >= 15 is 0 Å². The molecule has 4 rings (SSSR count). The molecule has 2 aliphatic rings. The SMILES string of the molecule is C[C@@H]1CCc2c(sc3nc([C@H](C)NCCC4=CCCCC4)[nH]c(=O)c23)C1. The summed E-state index contributed by atoms with van der Waals surface area (Å²) in [6, 6.07) is 0.0642. The largest absolute Gasteiger partial charge is 0.309 e. The number of nitrogens with one attached hydrogen (secondary N) is 2. The smallest absolute Gasteiger partial charge is 0.259 e. The lowest BCUT2D eigenvalue weighted by molar-refractivity contribution is 0.509. The molecule has 2 heterocycles. The molecular formula is C21H29N3OS. The fourth-order valence-corrected chi connectivity index (χ4v) is 5.64. The molecule has 26 heavy (non-hydrogen) atoms. The first-order valence-corrected chi connectivity index (χ1v) is 10.9. The Balaban J connectivity index is 1.49. The molecule has 0 aromatic carbocycles. The van der Waals surface area contributed by atoms with Gasteiger partial charge in [0.25, 0.3) is 5.56 Å². The fraction of sp³-hybridized carbons (Fsp3) is 0.619. The molecule has 2 aliphatic carbocycles. The van der Waals surface area contributed by atoms with E-state index in [2.05, 4.69) is 30.2 Å². The van der Waals surface area contributed by atoms with Crippen LogP contribution >= 0.6 is 11.3 Å². The highest BCUT2D eigenvalue weighted by Gasteiger charge is 2.23. The third-order valence-electron chi connectivity index (χ3n) is 5.88. The van der Waals surface area contributed by atoms with E-state index in [9.17, 15) is 4.79 Å². The van der Waals surface area contributed by atoms with E-state index in [1.807, 2.05) is 0 Å². The van der Waals surface area contributed by atoms with Crippen molar-refractivity contribution in [3.63, 3.8) is 0 Å². The molecule has 0 saturated heterocycles. The highest BCUT2D eigenvalue weighted by molar-refractivity contribution is 7.18. The average molecular weight is 372 g/mol. The molecule has 2 atom stereocenters. The van der Waals surface area contributed by atoms with Gasteiger partial charge in [-0.25, -0.2) is 4.98 Å². The average Bonchev–Trinajstić information content (AvgIpc) is 3.00. The molecule has 2 aromatic rings. The second kappa shape index (κ2) is 7.65. The van der Waals surface area contributed by atoms with Gasteiger partial charge >= 0.3 is 0 Å². The molecule has 0 saturated carbocycles. The minimum Gasteiger partial charge on any atom is -0.309 e. The highest BCUT2D eigenvalue weighted by atomic mass is 32.1. The van der Waals surface area contributed by atoms with Crippen LogP contribution in [0.5, 0.6) is 0 Å². The maximum Gasteiger partial charge on any atom is 0.259 e. The zero-order valence-electron chi connectivity index (χ0n) is 15.9. The second-order valence-electron chi connectivity index (χ2n) is 8.02. The molecular weight excluding hydrogens is 342 g/mol. The molecule has 0 spiro atoms. The lowest BCUT2D eigenvalue weighted by atomic mass is 9.89. The third-order valence-corrected chi connectivity index (χ3v) is 7.02. The number of H-pyrrole nitrogens is 1. The fourth-order valence-electron chi connectivity index (χ4n) is 4.25. The van der Waals surface area contributed by atoms with Crippen LogP contribution in [-0.4, -0.2) is 16.5 Å². The van der Waals surface area contributed by atoms with Crippen LogP contribution in [0.25, 0.3) is 10.2 Å². The Morgan fingerprint density at radius 1 is 1.38 bits per heavy atom. The van der Waals surface area contributed by atoms with Crippen molar-refractivity contribution < 1.29 is 0 Å². The summed E-state index contributed by atoms with van der Waals surface area (Å²) in [6.07, 6.45) is 11.9. The molecule has 140 valence electrons. The predicted molar refractivity (Wildman–Crippen MR) is 109 cm³/mol. The molecule has 0 unspecified atom stereocenters. The van der Waals surface area contributed by atoms with Gasteiger partial charge in [-0.3, -0.25) is 4.79 Å². The normalized spacial score (nSPS) is 21.5. The molecule has 4 nitrogen and oxygen atoms in total. The number of thiophene rings is 1. The monoisotopic (exact) mass is 371 g/mol. The van der Waals surface area contributed by atoms with Gasteiger partial charge in [0.1, 0.15) is 10.7 Å². The van der Waals surface area contributed by atoms with Gasteiger partial charge in [0, 0.05) is 4.88 Å². The summed E-state index contributed by atoms with van der Waals surface area (Å²) in [6.45, 7) is 5.33. The van der Waals surface area contributed by atoms with Crippen molar-refractivity contribution in [2.75, 3.05) is 6.54 Å². The second-order valence-corrected chi connectivity index (χ2v) is 9.10. The summed E-state index contributed by atoms with van der Waals surface area (Å²) in [4.78, 5) is 22.9. The van der Waals surface area contributed by atoms with Crippen molar-refractivity contribution >= 4 is 21.6 Å². The minimum absolute atomic E-state index is 0.0423. The zero-order chi connectivity index (χ0) is 18.1. The van der Waals surface area contributed by atoms with Crippen LogP contribution < -0.4 is 10.9 Å². The maximum absolute atomic E-state index is 12.7. The third kappa shape index (κ3) is 3.65. The van der Waals surface area contributed by atoms with Crippen LogP contribution in [-0.2, 0) is 12.8 Å². The molecule has 0 fully saturated rings. The van der Waals surface area contributed by atoms with Crippen molar-refractivity contribution in [2.24, 2.45) is 5.92 Å². The number of fused-ring (bicyclic) bond motifs is 3. The number of rotatable bonds is 5. The summed E-state index contributed by atoms with van der Waals surface area (Å²) >= 11 is 1.73. The van der Waals surface area contributed by atoms with Gasteiger partial charge in [-0.15, -0.1) is 11.3 Å². The lowest BCUT2D eigenvalue weighted by Crippen LogP contribution is -2.25. The van der Waals surface area contributed by atoms with Crippen LogP contribution in [0, 0.1) is 5.92 Å². The number of allylic oxidation sites excluding steroid dienone is 1. The van der Waals surface area contributed by atoms with Crippen molar-refractivity contribution in [3.8, 4) is 0 Å². The van der Waals surface area contributed by atoms with Gasteiger partial charge in [-0.1, -0.05) is 18.6 Å². The van der Waals surface area contributed by atoms with E-state index in [0.717, 1.165) is 41.8 Å². The first-order valence-electron chi connectivity index (χ1n) is 10.1. The molecule has 2 N–H and O–H groups in total. The lowest BCUT2D eigenvalue weighted by Gasteiger charge is -2.17. The number of aromatic nitrogens is 2. The Hall–Kier alpha value is -1.46. The van der Waals surface area contributed by atoms with Crippen molar-refractivity contribution in [3.05, 3.63) is 38.3 Å². The number of hydrogen-bond donors (Lipinski definition) is 2. The van der Waals surface area contributed by atoms with Crippen LogP contribution in [0.1, 0.15) is 74.7 Å². The first-order chi connectivity index (χ1) is 12.6. The van der Waals surface area contributed by atoms with E-state index in [4.69, 9.17) is 4.98 Å². The molecule has 0 aliphatic heterocycles. The van der Waals surface area contributed by atoms with Crippen LogP contribution in [0.2, 0.25) is 0 Å². The van der Waals surface area contributed by atoms with E-state index < -0.39 is 0 Å². The molecule has 5 heteroatoms. The zero-order valence-corrected chi connectivity index (χ0v) is 16.7. The van der Waals surface area contributed by atoms with Crippen LogP contribution in [0.4, 0.5) is 0 Å². The topological polar surface area (TPSA) is 57.8 Å². The van der Waals surface area contributed by atoms with Gasteiger partial charge in [-0.05, 0) is 76.3 Å². The summed E-state index contributed by atoms with van der Waals surface area (Å²) in [7, 11) is 0. The summed E-state index contributed by atoms with van der Waals surface area (Å²) in [5.74, 6) is 1.48. The van der Waals surface area contributed by atoms with E-state index in [-0.39, 0.29) is 11.6 Å². The van der Waals surface area contributed by atoms with Gasteiger partial charge in [0.2, 0.25) is 0 Å². The van der Waals surface area contributed by atoms with Crippen molar-refractivity contribution in [1.82, 2.24) is 15.3 Å². The summed E-state index contributed by atoms with van der Waals surface area (Å²) < 4.78 is 0. The molecule has 0 radical (unpaired) electrons. The van der Waals surface area contributed by atoms with E-state index in [1.165, 1.54) is 42.5 Å². The number of aryl methyl sites for hydroxylation is 1. The van der Waals surface area contributed by atoms with Crippen LogP contribution in [0.15, 0.2) is 16.4 Å².